The van der Waals surface area contributed by atoms with Gasteiger partial charge in [0.2, 0.25) is 0 Å². The van der Waals surface area contributed by atoms with E-state index in [9.17, 15) is 14.7 Å². The summed E-state index contributed by atoms with van der Waals surface area (Å²) in [6.07, 6.45) is -0.289. The van der Waals surface area contributed by atoms with Crippen molar-refractivity contribution in [2.45, 2.75) is 39.2 Å². The molecule has 6 heteroatoms. The first kappa shape index (κ1) is 14.4. The summed E-state index contributed by atoms with van der Waals surface area (Å²) in [6, 6.07) is 3.00. The van der Waals surface area contributed by atoms with Crippen LogP contribution < -0.4 is 16.0 Å². The summed E-state index contributed by atoms with van der Waals surface area (Å²) in [4.78, 5) is 24.0. The minimum Gasteiger partial charge on any atom is -0.507 e. The molecule has 1 aliphatic rings. The number of fused-ring (bicyclic) bond motifs is 1. The first-order valence-electron chi connectivity index (χ1n) is 7.01. The van der Waals surface area contributed by atoms with Crippen LogP contribution >= 0.6 is 0 Å². The molecule has 0 aliphatic carbocycles. The van der Waals surface area contributed by atoms with Gasteiger partial charge in [-0.3, -0.25) is 0 Å². The van der Waals surface area contributed by atoms with Crippen molar-refractivity contribution in [1.29, 1.82) is 0 Å². The Kier molecular flexibility index (Phi) is 3.31. The largest absolute Gasteiger partial charge is 0.507 e. The van der Waals surface area contributed by atoms with E-state index >= 15 is 0 Å². The van der Waals surface area contributed by atoms with Crippen LogP contribution in [0, 0.1) is 13.8 Å². The van der Waals surface area contributed by atoms with Gasteiger partial charge < -0.3 is 18.7 Å². The Balaban J connectivity index is 2.10. The number of ether oxygens (including phenoxy) is 1. The maximum atomic E-state index is 12.0. The first-order chi connectivity index (χ1) is 10.4. The Morgan fingerprint density at radius 2 is 1.64 bits per heavy atom. The van der Waals surface area contributed by atoms with Crippen LogP contribution in [-0.4, -0.2) is 5.11 Å². The predicted molar refractivity (Wildman–Crippen MR) is 77.5 cm³/mol. The molecule has 0 spiro atoms. The zero-order chi connectivity index (χ0) is 16.0. The van der Waals surface area contributed by atoms with Crippen molar-refractivity contribution >= 4 is 0 Å². The summed E-state index contributed by atoms with van der Waals surface area (Å²) >= 11 is 0. The highest BCUT2D eigenvalue weighted by atomic mass is 16.5. The van der Waals surface area contributed by atoms with Gasteiger partial charge in [-0.2, -0.15) is 0 Å². The lowest BCUT2D eigenvalue weighted by Crippen LogP contribution is -2.27. The Bertz CT molecular complexity index is 845. The summed E-state index contributed by atoms with van der Waals surface area (Å²) < 4.78 is 15.9. The van der Waals surface area contributed by atoms with Gasteiger partial charge in [-0.25, -0.2) is 9.59 Å². The second-order valence-corrected chi connectivity index (χ2v) is 5.61. The van der Waals surface area contributed by atoms with Crippen molar-refractivity contribution in [3.05, 3.63) is 55.6 Å². The second kappa shape index (κ2) is 5.05. The van der Waals surface area contributed by atoms with Crippen LogP contribution in [0.25, 0.3) is 0 Å². The van der Waals surface area contributed by atoms with Crippen LogP contribution in [0.3, 0.4) is 0 Å². The molecule has 0 aromatic carbocycles. The van der Waals surface area contributed by atoms with Crippen molar-refractivity contribution in [3.63, 3.8) is 0 Å². The zero-order valence-electron chi connectivity index (χ0n) is 12.5. The molecule has 116 valence electrons. The molecular weight excluding hydrogens is 288 g/mol. The first-order valence-corrected chi connectivity index (χ1v) is 7.01. The van der Waals surface area contributed by atoms with Gasteiger partial charge in [-0.05, 0) is 26.2 Å². The molecule has 0 bridgehead atoms. The van der Waals surface area contributed by atoms with Crippen LogP contribution in [0.4, 0.5) is 0 Å². The molecule has 2 aromatic heterocycles. The second-order valence-electron chi connectivity index (χ2n) is 5.61. The van der Waals surface area contributed by atoms with E-state index in [1.54, 1.807) is 19.9 Å². The summed E-state index contributed by atoms with van der Waals surface area (Å²) in [7, 11) is 0. The molecule has 3 rings (SSSR count). The molecule has 0 unspecified atom stereocenters. The highest BCUT2D eigenvalue weighted by molar-refractivity contribution is 5.40. The molecule has 0 amide bonds. The maximum Gasteiger partial charge on any atom is 0.346 e. The quantitative estimate of drug-likeness (QED) is 0.870. The third-order valence-electron chi connectivity index (χ3n) is 3.81. The van der Waals surface area contributed by atoms with E-state index in [2.05, 4.69) is 0 Å². The monoisotopic (exact) mass is 304 g/mol. The lowest BCUT2D eigenvalue weighted by Gasteiger charge is -2.29. The molecule has 2 aromatic rings. The molecule has 6 nitrogen and oxygen atoms in total. The topological polar surface area (TPSA) is 89.9 Å². The summed E-state index contributed by atoms with van der Waals surface area (Å²) in [5, 5.41) is 10.0. The zero-order valence-corrected chi connectivity index (χ0v) is 12.5. The van der Waals surface area contributed by atoms with Crippen LogP contribution in [-0.2, 0) is 0 Å². The van der Waals surface area contributed by atoms with Gasteiger partial charge >= 0.3 is 11.3 Å². The van der Waals surface area contributed by atoms with Crippen molar-refractivity contribution in [3.8, 4) is 11.5 Å². The molecule has 1 N–H and O–H groups in total. The van der Waals surface area contributed by atoms with E-state index in [0.29, 0.717) is 29.3 Å². The Morgan fingerprint density at radius 1 is 1.05 bits per heavy atom. The Morgan fingerprint density at radius 3 is 2.27 bits per heavy atom. The molecule has 3 heterocycles. The highest BCUT2D eigenvalue weighted by Crippen LogP contribution is 2.41. The normalized spacial score (nSPS) is 20.3. The molecule has 22 heavy (non-hydrogen) atoms. The summed E-state index contributed by atoms with van der Waals surface area (Å²) in [6.45, 7) is 5.09. The van der Waals surface area contributed by atoms with Gasteiger partial charge in [0.1, 0.15) is 34.7 Å². The fraction of sp³-hybridized carbons (Fsp3) is 0.375. The third-order valence-corrected chi connectivity index (χ3v) is 3.81. The van der Waals surface area contributed by atoms with E-state index in [4.69, 9.17) is 13.6 Å². The summed E-state index contributed by atoms with van der Waals surface area (Å²) in [5.41, 5.74) is -0.522. The van der Waals surface area contributed by atoms with E-state index in [0.717, 1.165) is 0 Å². The standard InChI is InChI=1S/C16H16O6/c1-7-4-11(14-10(17)5-8(2)20-16(14)19)22-12-6-9(3)21-15(18)13(7)12/h5-7,11,17H,4H2,1-3H3/t7-,11+/m1/s1. The van der Waals surface area contributed by atoms with Gasteiger partial charge in [-0.1, -0.05) is 6.92 Å². The van der Waals surface area contributed by atoms with Gasteiger partial charge in [0.05, 0.1) is 5.56 Å². The molecule has 0 saturated carbocycles. The molecule has 0 fully saturated rings. The summed E-state index contributed by atoms with van der Waals surface area (Å²) in [5.74, 6) is 0.820. The van der Waals surface area contributed by atoms with Crippen molar-refractivity contribution in [1.82, 2.24) is 0 Å². The average molecular weight is 304 g/mol. The number of aromatic hydroxyl groups is 1. The molecule has 0 radical (unpaired) electrons. The van der Waals surface area contributed by atoms with Crippen molar-refractivity contribution in [2.24, 2.45) is 0 Å². The Hall–Kier alpha value is -2.50. The van der Waals surface area contributed by atoms with Gasteiger partial charge in [0.15, 0.2) is 0 Å². The van der Waals surface area contributed by atoms with Gasteiger partial charge in [-0.15, -0.1) is 0 Å². The molecule has 2 atom stereocenters. The predicted octanol–water partition coefficient (Wildman–Crippen LogP) is 2.54. The van der Waals surface area contributed by atoms with E-state index in [1.165, 1.54) is 6.07 Å². The lowest BCUT2D eigenvalue weighted by atomic mass is 9.90. The number of hydrogen-bond acceptors (Lipinski definition) is 6. The van der Waals surface area contributed by atoms with E-state index in [-0.39, 0.29) is 17.2 Å². The molecule has 0 saturated heterocycles. The number of rotatable bonds is 1. The number of aryl methyl sites for hydroxylation is 2. The number of hydrogen-bond donors (Lipinski definition) is 1. The molecule has 1 aliphatic heterocycles. The van der Waals surface area contributed by atoms with Crippen LogP contribution in [0.5, 0.6) is 11.5 Å². The Labute approximate surface area is 126 Å². The van der Waals surface area contributed by atoms with Crippen LogP contribution in [0.1, 0.15) is 48.0 Å². The minimum atomic E-state index is -0.666. The fourth-order valence-electron chi connectivity index (χ4n) is 2.85. The van der Waals surface area contributed by atoms with Crippen molar-refractivity contribution < 1.29 is 18.7 Å². The average Bonchev–Trinajstić information content (AvgIpc) is 2.35. The molecular formula is C16H16O6. The smallest absolute Gasteiger partial charge is 0.346 e. The fourth-order valence-corrected chi connectivity index (χ4v) is 2.85. The van der Waals surface area contributed by atoms with E-state index < -0.39 is 17.4 Å². The SMILES string of the molecule is Cc1cc2c(c(=O)o1)[C@H](C)C[C@@H](c1c(O)cc(C)oc1=O)O2. The van der Waals surface area contributed by atoms with Gasteiger partial charge in [0, 0.05) is 12.1 Å². The lowest BCUT2D eigenvalue weighted by molar-refractivity contribution is 0.151. The highest BCUT2D eigenvalue weighted by Gasteiger charge is 2.33. The third kappa shape index (κ3) is 2.30. The van der Waals surface area contributed by atoms with Crippen LogP contribution in [0.15, 0.2) is 30.6 Å². The maximum absolute atomic E-state index is 12.0. The van der Waals surface area contributed by atoms with Crippen molar-refractivity contribution in [2.75, 3.05) is 0 Å². The van der Waals surface area contributed by atoms with E-state index in [1.807, 2.05) is 6.92 Å². The van der Waals surface area contributed by atoms with Crippen LogP contribution in [0.2, 0.25) is 0 Å². The minimum absolute atomic E-state index is 0.0778. The van der Waals surface area contributed by atoms with Gasteiger partial charge in [0.25, 0.3) is 0 Å².